The monoisotopic (exact) mass is 400 g/mol. The second-order valence-corrected chi connectivity index (χ2v) is 8.29. The topological polar surface area (TPSA) is 59.5 Å². The van der Waals surface area contributed by atoms with Crippen molar-refractivity contribution in [2.24, 2.45) is 0 Å². The van der Waals surface area contributed by atoms with Crippen molar-refractivity contribution in [2.45, 2.75) is 36.5 Å². The van der Waals surface area contributed by atoms with Gasteiger partial charge in [0.1, 0.15) is 6.17 Å². The van der Waals surface area contributed by atoms with Crippen LogP contribution in [-0.2, 0) is 20.5 Å². The Morgan fingerprint density at radius 2 is 2.00 bits per heavy atom. The van der Waals surface area contributed by atoms with E-state index in [9.17, 15) is 14.0 Å². The number of hydrogen-bond donors (Lipinski definition) is 0. The standard InChI is InChI=1S/C21H18ClFN2O3/c22-14-5-3-13(4-6-14)20(10-15(23)11-20)19(27)25-9-7-21(12-25)16-2-1-8-24-17(16)18(26)28-21/h1-6,8,15H,7,9-12H2/t15?,20?,21-/m0/s1. The predicted octanol–water partition coefficient (Wildman–Crippen LogP) is 3.40. The highest BCUT2D eigenvalue weighted by Gasteiger charge is 2.58. The number of hydrogen-bond acceptors (Lipinski definition) is 4. The molecule has 2 fully saturated rings. The minimum absolute atomic E-state index is 0.117. The lowest BCUT2D eigenvalue weighted by Crippen LogP contribution is -2.55. The minimum atomic E-state index is -0.995. The molecule has 7 heteroatoms. The zero-order chi connectivity index (χ0) is 19.5. The molecule has 0 radical (unpaired) electrons. The number of aromatic nitrogens is 1. The van der Waals surface area contributed by atoms with Crippen LogP contribution < -0.4 is 0 Å². The number of halogens is 2. The van der Waals surface area contributed by atoms with Gasteiger partial charge in [-0.2, -0.15) is 0 Å². The Morgan fingerprint density at radius 1 is 1.25 bits per heavy atom. The van der Waals surface area contributed by atoms with Crippen LogP contribution in [0.3, 0.4) is 0 Å². The highest BCUT2D eigenvalue weighted by Crippen LogP contribution is 2.49. The van der Waals surface area contributed by atoms with Crippen LogP contribution in [0.5, 0.6) is 0 Å². The molecule has 1 saturated heterocycles. The summed E-state index contributed by atoms with van der Waals surface area (Å²) in [6.45, 7) is 0.718. The lowest BCUT2D eigenvalue weighted by atomic mass is 9.62. The Kier molecular flexibility index (Phi) is 3.78. The van der Waals surface area contributed by atoms with Gasteiger partial charge in [0, 0.05) is 29.7 Å². The minimum Gasteiger partial charge on any atom is -0.447 e. The summed E-state index contributed by atoms with van der Waals surface area (Å²) in [5.74, 6) is -0.571. The first-order valence-electron chi connectivity index (χ1n) is 9.32. The van der Waals surface area contributed by atoms with Crippen LogP contribution in [0.1, 0.15) is 40.9 Å². The molecule has 5 rings (SSSR count). The molecule has 1 aliphatic carbocycles. The van der Waals surface area contributed by atoms with E-state index in [4.69, 9.17) is 16.3 Å². The summed E-state index contributed by atoms with van der Waals surface area (Å²) < 4.78 is 19.6. The van der Waals surface area contributed by atoms with E-state index in [1.165, 1.54) is 0 Å². The molecule has 5 nitrogen and oxygen atoms in total. The van der Waals surface area contributed by atoms with Gasteiger partial charge in [-0.05, 0) is 36.6 Å². The van der Waals surface area contributed by atoms with Crippen molar-refractivity contribution in [3.63, 3.8) is 0 Å². The van der Waals surface area contributed by atoms with E-state index in [0.717, 1.165) is 11.1 Å². The molecule has 144 valence electrons. The number of alkyl halides is 1. The molecular weight excluding hydrogens is 383 g/mol. The van der Waals surface area contributed by atoms with Crippen molar-refractivity contribution >= 4 is 23.5 Å². The Labute approximate surface area is 166 Å². The summed E-state index contributed by atoms with van der Waals surface area (Å²) in [4.78, 5) is 31.5. The summed E-state index contributed by atoms with van der Waals surface area (Å²) in [6, 6.07) is 10.6. The van der Waals surface area contributed by atoms with Gasteiger partial charge in [0.2, 0.25) is 5.91 Å². The fourth-order valence-corrected chi connectivity index (χ4v) is 4.90. The fraction of sp³-hybridized carbons (Fsp3) is 0.381. The van der Waals surface area contributed by atoms with E-state index in [1.807, 2.05) is 6.07 Å². The number of fused-ring (bicyclic) bond motifs is 2. The predicted molar refractivity (Wildman–Crippen MR) is 99.8 cm³/mol. The maximum absolute atomic E-state index is 13.9. The van der Waals surface area contributed by atoms with Crippen molar-refractivity contribution < 1.29 is 18.7 Å². The number of likely N-dealkylation sites (tertiary alicyclic amines) is 1. The summed E-state index contributed by atoms with van der Waals surface area (Å²) in [7, 11) is 0. The number of nitrogens with zero attached hydrogens (tertiary/aromatic N) is 2. The van der Waals surface area contributed by atoms with Crippen LogP contribution in [0.25, 0.3) is 0 Å². The molecule has 2 aliphatic heterocycles. The van der Waals surface area contributed by atoms with Gasteiger partial charge < -0.3 is 9.64 Å². The van der Waals surface area contributed by atoms with Gasteiger partial charge >= 0.3 is 5.97 Å². The average Bonchev–Trinajstić information content (AvgIpc) is 3.22. The lowest BCUT2D eigenvalue weighted by molar-refractivity contribution is -0.143. The average molecular weight is 401 g/mol. The van der Waals surface area contributed by atoms with E-state index in [2.05, 4.69) is 4.98 Å². The number of ether oxygens (including phenoxy) is 1. The molecule has 0 unspecified atom stereocenters. The third kappa shape index (κ3) is 2.40. The normalized spacial score (nSPS) is 30.9. The molecule has 0 bridgehead atoms. The molecule has 3 heterocycles. The molecular formula is C21H18ClFN2O3. The van der Waals surface area contributed by atoms with Crippen molar-refractivity contribution in [2.75, 3.05) is 13.1 Å². The number of esters is 1. The fourth-order valence-electron chi connectivity index (χ4n) is 4.78. The van der Waals surface area contributed by atoms with Crippen LogP contribution in [-0.4, -0.2) is 41.0 Å². The third-order valence-corrected chi connectivity index (χ3v) is 6.50. The Balaban J connectivity index is 1.45. The Bertz CT molecular complexity index is 974. The number of amides is 1. The molecule has 3 aliphatic rings. The summed E-state index contributed by atoms with van der Waals surface area (Å²) in [5.41, 5.74) is 0.0958. The van der Waals surface area contributed by atoms with Crippen LogP contribution in [0.15, 0.2) is 42.6 Å². The summed E-state index contributed by atoms with van der Waals surface area (Å²) in [5, 5.41) is 0.574. The molecule has 1 aromatic carbocycles. The first kappa shape index (κ1) is 17.6. The van der Waals surface area contributed by atoms with Gasteiger partial charge in [-0.1, -0.05) is 29.8 Å². The SMILES string of the molecule is O=C1O[C@]2(CCN(C(=O)C3(c4ccc(Cl)cc4)CC(F)C3)C2)c2cccnc21. The van der Waals surface area contributed by atoms with Crippen molar-refractivity contribution in [3.8, 4) is 0 Å². The number of carbonyl (C=O) groups is 2. The van der Waals surface area contributed by atoms with Gasteiger partial charge in [0.25, 0.3) is 0 Å². The third-order valence-electron chi connectivity index (χ3n) is 6.25. The molecule has 1 aromatic heterocycles. The quantitative estimate of drug-likeness (QED) is 0.725. The zero-order valence-corrected chi connectivity index (χ0v) is 15.8. The second kappa shape index (κ2) is 6.01. The maximum atomic E-state index is 13.9. The van der Waals surface area contributed by atoms with Gasteiger partial charge in [0.05, 0.1) is 12.0 Å². The first-order valence-corrected chi connectivity index (χ1v) is 9.70. The van der Waals surface area contributed by atoms with E-state index < -0.39 is 23.2 Å². The summed E-state index contributed by atoms with van der Waals surface area (Å²) >= 11 is 5.98. The van der Waals surface area contributed by atoms with E-state index in [0.29, 0.717) is 23.7 Å². The molecule has 2 aromatic rings. The highest BCUT2D eigenvalue weighted by molar-refractivity contribution is 6.30. The van der Waals surface area contributed by atoms with Gasteiger partial charge in [-0.15, -0.1) is 0 Å². The number of benzene rings is 1. The molecule has 1 atom stereocenters. The lowest BCUT2D eigenvalue weighted by Gasteiger charge is -2.45. The largest absolute Gasteiger partial charge is 0.447 e. The van der Waals surface area contributed by atoms with Crippen molar-refractivity contribution in [1.82, 2.24) is 9.88 Å². The number of pyridine rings is 1. The smallest absolute Gasteiger partial charge is 0.358 e. The van der Waals surface area contributed by atoms with Gasteiger partial charge in [0.15, 0.2) is 11.3 Å². The van der Waals surface area contributed by atoms with Crippen LogP contribution in [0.2, 0.25) is 5.02 Å². The Hall–Kier alpha value is -2.47. The maximum Gasteiger partial charge on any atom is 0.358 e. The zero-order valence-electron chi connectivity index (χ0n) is 15.0. The molecule has 28 heavy (non-hydrogen) atoms. The first-order chi connectivity index (χ1) is 13.4. The van der Waals surface area contributed by atoms with E-state index in [-0.39, 0.29) is 25.3 Å². The van der Waals surface area contributed by atoms with Crippen LogP contribution in [0, 0.1) is 0 Å². The number of carbonyl (C=O) groups excluding carboxylic acids is 2. The van der Waals surface area contributed by atoms with Crippen LogP contribution >= 0.6 is 11.6 Å². The van der Waals surface area contributed by atoms with Gasteiger partial charge in [-0.3, -0.25) is 4.79 Å². The van der Waals surface area contributed by atoms with Crippen molar-refractivity contribution in [1.29, 1.82) is 0 Å². The van der Waals surface area contributed by atoms with E-state index in [1.54, 1.807) is 41.4 Å². The molecule has 1 amide bonds. The van der Waals surface area contributed by atoms with Gasteiger partial charge in [-0.25, -0.2) is 14.2 Å². The van der Waals surface area contributed by atoms with Crippen molar-refractivity contribution in [3.05, 3.63) is 64.4 Å². The highest BCUT2D eigenvalue weighted by atomic mass is 35.5. The molecule has 0 N–H and O–H groups in total. The second-order valence-electron chi connectivity index (χ2n) is 7.85. The van der Waals surface area contributed by atoms with E-state index >= 15 is 0 Å². The Morgan fingerprint density at radius 3 is 2.71 bits per heavy atom. The molecule has 1 spiro atoms. The molecule has 1 saturated carbocycles. The number of rotatable bonds is 2. The van der Waals surface area contributed by atoms with Crippen LogP contribution in [0.4, 0.5) is 4.39 Å². The summed E-state index contributed by atoms with van der Waals surface area (Å²) in [6.07, 6.45) is 1.40.